The predicted octanol–water partition coefficient (Wildman–Crippen LogP) is 2.45. The van der Waals surface area contributed by atoms with Gasteiger partial charge >= 0.3 is 5.97 Å². The SMILES string of the molecule is Cc1nc2scc(C(C)C)n2c1CC(=O)O. The van der Waals surface area contributed by atoms with Gasteiger partial charge in [-0.2, -0.15) is 0 Å². The van der Waals surface area contributed by atoms with Crippen LogP contribution in [0.25, 0.3) is 4.96 Å². The third-order valence-electron chi connectivity index (χ3n) is 2.60. The molecule has 0 saturated heterocycles. The smallest absolute Gasteiger partial charge is 0.309 e. The zero-order valence-electron chi connectivity index (χ0n) is 9.52. The third kappa shape index (κ3) is 1.71. The Hall–Kier alpha value is -1.36. The zero-order valence-corrected chi connectivity index (χ0v) is 10.3. The number of aliphatic carboxylic acids is 1. The summed E-state index contributed by atoms with van der Waals surface area (Å²) in [5, 5.41) is 11.0. The van der Waals surface area contributed by atoms with E-state index in [4.69, 9.17) is 5.11 Å². The summed E-state index contributed by atoms with van der Waals surface area (Å²) in [6.45, 7) is 6.06. The summed E-state index contributed by atoms with van der Waals surface area (Å²) in [5.41, 5.74) is 2.75. The minimum absolute atomic E-state index is 0.0312. The summed E-state index contributed by atoms with van der Waals surface area (Å²) in [6.07, 6.45) is 0.0312. The molecule has 0 fully saturated rings. The summed E-state index contributed by atoms with van der Waals surface area (Å²) < 4.78 is 1.98. The molecule has 2 aromatic heterocycles. The van der Waals surface area contributed by atoms with Gasteiger partial charge in [-0.05, 0) is 12.8 Å². The average molecular weight is 238 g/mol. The van der Waals surface area contributed by atoms with E-state index in [2.05, 4.69) is 24.2 Å². The standard InChI is InChI=1S/C11H14N2O2S/c1-6(2)9-5-16-11-12-7(3)8(13(9)11)4-10(14)15/h5-6H,4H2,1-3H3,(H,14,15). The molecule has 0 amide bonds. The normalized spacial score (nSPS) is 11.5. The van der Waals surface area contributed by atoms with Crippen molar-refractivity contribution >= 4 is 22.3 Å². The number of carbonyl (C=O) groups is 1. The number of carboxylic acids is 1. The maximum atomic E-state index is 10.8. The second-order valence-electron chi connectivity index (χ2n) is 4.15. The van der Waals surface area contributed by atoms with Crippen molar-refractivity contribution in [2.45, 2.75) is 33.1 Å². The maximum absolute atomic E-state index is 10.8. The molecule has 86 valence electrons. The lowest BCUT2D eigenvalue weighted by atomic mass is 10.1. The van der Waals surface area contributed by atoms with Gasteiger partial charge in [0.25, 0.3) is 0 Å². The molecule has 4 nitrogen and oxygen atoms in total. The van der Waals surface area contributed by atoms with Crippen LogP contribution >= 0.6 is 11.3 Å². The van der Waals surface area contributed by atoms with Crippen LogP contribution in [0, 0.1) is 6.92 Å². The lowest BCUT2D eigenvalue weighted by molar-refractivity contribution is -0.136. The third-order valence-corrected chi connectivity index (χ3v) is 3.44. The van der Waals surface area contributed by atoms with Crippen molar-refractivity contribution in [3.63, 3.8) is 0 Å². The molecule has 0 aromatic carbocycles. The molecule has 0 aliphatic carbocycles. The van der Waals surface area contributed by atoms with Crippen molar-refractivity contribution in [1.82, 2.24) is 9.38 Å². The topological polar surface area (TPSA) is 54.6 Å². The lowest BCUT2D eigenvalue weighted by Crippen LogP contribution is -2.06. The molecule has 0 aliphatic heterocycles. The van der Waals surface area contributed by atoms with E-state index in [9.17, 15) is 4.79 Å². The highest BCUT2D eigenvalue weighted by molar-refractivity contribution is 7.15. The minimum Gasteiger partial charge on any atom is -0.481 e. The number of fused-ring (bicyclic) bond motifs is 1. The molecule has 0 unspecified atom stereocenters. The van der Waals surface area contributed by atoms with Crippen molar-refractivity contribution in [3.05, 3.63) is 22.5 Å². The Labute approximate surface area is 97.6 Å². The summed E-state index contributed by atoms with van der Waals surface area (Å²) in [6, 6.07) is 0. The van der Waals surface area contributed by atoms with Crippen LogP contribution < -0.4 is 0 Å². The first kappa shape index (κ1) is 11.1. The molecule has 1 N–H and O–H groups in total. The minimum atomic E-state index is -0.814. The van der Waals surface area contributed by atoms with Crippen LogP contribution in [0.5, 0.6) is 0 Å². The fourth-order valence-corrected chi connectivity index (χ4v) is 2.91. The van der Waals surface area contributed by atoms with Crippen LogP contribution in [0.15, 0.2) is 5.38 Å². The molecular formula is C11H14N2O2S. The van der Waals surface area contributed by atoms with Gasteiger partial charge in [0.05, 0.1) is 17.8 Å². The summed E-state index contributed by atoms with van der Waals surface area (Å²) in [5.74, 6) is -0.444. The second kappa shape index (κ2) is 3.90. The van der Waals surface area contributed by atoms with Gasteiger partial charge in [0.1, 0.15) is 0 Å². The Balaban J connectivity index is 2.64. The van der Waals surface area contributed by atoms with Gasteiger partial charge in [-0.3, -0.25) is 9.20 Å². The molecule has 2 aromatic rings. The number of rotatable bonds is 3. The van der Waals surface area contributed by atoms with Gasteiger partial charge in [0.2, 0.25) is 0 Å². The fraction of sp³-hybridized carbons (Fsp3) is 0.455. The van der Waals surface area contributed by atoms with Gasteiger partial charge < -0.3 is 5.11 Å². The number of thiazole rings is 1. The maximum Gasteiger partial charge on any atom is 0.309 e. The number of hydrogen-bond acceptors (Lipinski definition) is 3. The van der Waals surface area contributed by atoms with Crippen LogP contribution in [0.4, 0.5) is 0 Å². The largest absolute Gasteiger partial charge is 0.481 e. The molecule has 0 saturated carbocycles. The van der Waals surface area contributed by atoms with E-state index in [1.54, 1.807) is 11.3 Å². The monoisotopic (exact) mass is 238 g/mol. The first-order chi connectivity index (χ1) is 7.50. The summed E-state index contributed by atoms with van der Waals surface area (Å²) >= 11 is 1.56. The first-order valence-electron chi connectivity index (χ1n) is 5.17. The van der Waals surface area contributed by atoms with E-state index in [1.807, 2.05) is 11.3 Å². The van der Waals surface area contributed by atoms with Crippen LogP contribution in [-0.2, 0) is 11.2 Å². The Morgan fingerprint density at radius 2 is 2.31 bits per heavy atom. The molecule has 0 radical (unpaired) electrons. The molecule has 16 heavy (non-hydrogen) atoms. The van der Waals surface area contributed by atoms with Gasteiger partial charge in [-0.25, -0.2) is 4.98 Å². The predicted molar refractivity (Wildman–Crippen MR) is 63.2 cm³/mol. The average Bonchev–Trinajstić information content (AvgIpc) is 2.67. The Kier molecular flexibility index (Phi) is 2.71. The van der Waals surface area contributed by atoms with E-state index < -0.39 is 5.97 Å². The number of carboxylic acid groups (broad SMARTS) is 1. The second-order valence-corrected chi connectivity index (χ2v) is 4.98. The quantitative estimate of drug-likeness (QED) is 0.893. The van der Waals surface area contributed by atoms with Crippen molar-refractivity contribution in [2.75, 3.05) is 0 Å². The van der Waals surface area contributed by atoms with Gasteiger partial charge in [-0.15, -0.1) is 11.3 Å². The molecule has 0 spiro atoms. The number of hydrogen-bond donors (Lipinski definition) is 1. The van der Waals surface area contributed by atoms with E-state index >= 15 is 0 Å². The Bertz CT molecular complexity index is 539. The Morgan fingerprint density at radius 3 is 2.88 bits per heavy atom. The van der Waals surface area contributed by atoms with E-state index in [-0.39, 0.29) is 6.42 Å². The van der Waals surface area contributed by atoms with Crippen molar-refractivity contribution < 1.29 is 9.90 Å². The number of nitrogens with zero attached hydrogens (tertiary/aromatic N) is 2. The van der Waals surface area contributed by atoms with E-state index in [0.29, 0.717) is 5.92 Å². The zero-order chi connectivity index (χ0) is 11.9. The highest BCUT2D eigenvalue weighted by Crippen LogP contribution is 2.26. The molecule has 2 rings (SSSR count). The number of imidazole rings is 1. The first-order valence-corrected chi connectivity index (χ1v) is 6.05. The van der Waals surface area contributed by atoms with Crippen molar-refractivity contribution in [2.24, 2.45) is 0 Å². The van der Waals surface area contributed by atoms with Crippen molar-refractivity contribution in [1.29, 1.82) is 0 Å². The molecular weight excluding hydrogens is 224 g/mol. The van der Waals surface area contributed by atoms with Gasteiger partial charge in [0.15, 0.2) is 4.96 Å². The molecule has 0 bridgehead atoms. The highest BCUT2D eigenvalue weighted by atomic mass is 32.1. The molecule has 0 atom stereocenters. The fourth-order valence-electron chi connectivity index (χ4n) is 1.79. The molecule has 2 heterocycles. The van der Waals surface area contributed by atoms with Crippen LogP contribution in [0.1, 0.15) is 36.8 Å². The van der Waals surface area contributed by atoms with Crippen LogP contribution in [0.3, 0.4) is 0 Å². The summed E-state index contributed by atoms with van der Waals surface area (Å²) in [4.78, 5) is 16.1. The van der Waals surface area contributed by atoms with Gasteiger partial charge in [-0.1, -0.05) is 13.8 Å². The number of aryl methyl sites for hydroxylation is 1. The molecule has 0 aliphatic rings. The van der Waals surface area contributed by atoms with Crippen LogP contribution in [-0.4, -0.2) is 20.5 Å². The van der Waals surface area contributed by atoms with Crippen LogP contribution in [0.2, 0.25) is 0 Å². The lowest BCUT2D eigenvalue weighted by Gasteiger charge is -2.06. The van der Waals surface area contributed by atoms with E-state index in [1.165, 1.54) is 0 Å². The number of aromatic nitrogens is 2. The Morgan fingerprint density at radius 1 is 1.62 bits per heavy atom. The summed E-state index contributed by atoms with van der Waals surface area (Å²) in [7, 11) is 0. The van der Waals surface area contributed by atoms with Gasteiger partial charge in [0, 0.05) is 11.1 Å². The van der Waals surface area contributed by atoms with Crippen molar-refractivity contribution in [3.8, 4) is 0 Å². The molecule has 5 heteroatoms. The highest BCUT2D eigenvalue weighted by Gasteiger charge is 2.17. The van der Waals surface area contributed by atoms with E-state index in [0.717, 1.165) is 22.0 Å².